The number of pyridine rings is 1. The van der Waals surface area contributed by atoms with Gasteiger partial charge in [0.25, 0.3) is 5.91 Å². The number of carbonyl (C=O) groups is 1. The van der Waals surface area contributed by atoms with Crippen molar-refractivity contribution in [3.8, 4) is 0 Å². The van der Waals surface area contributed by atoms with Crippen LogP contribution in [0.2, 0.25) is 0 Å². The van der Waals surface area contributed by atoms with E-state index in [1.54, 1.807) is 16.8 Å². The van der Waals surface area contributed by atoms with Gasteiger partial charge in [-0.05, 0) is 29.2 Å². The first-order chi connectivity index (χ1) is 17.1. The molecule has 3 aromatic rings. The lowest BCUT2D eigenvalue weighted by atomic mass is 9.81. The Morgan fingerprint density at radius 3 is 2.81 bits per heavy atom. The maximum atomic E-state index is 13.1. The molecule has 1 fully saturated rings. The fourth-order valence-electron chi connectivity index (χ4n) is 4.33. The number of hydrogen-bond donors (Lipinski definition) is 3. The minimum absolute atomic E-state index is 0.0844. The molecule has 1 aliphatic heterocycles. The van der Waals surface area contributed by atoms with Crippen molar-refractivity contribution < 1.29 is 26.7 Å². The molecule has 1 saturated carbocycles. The SMILES string of the molecule is O=C(NCC1CC(F)(F)C1)c1cnn2ccc(C3=CCNc4nc(NCCC(F)(F)F)ncc43)cc12. The van der Waals surface area contributed by atoms with E-state index >= 15 is 0 Å². The lowest BCUT2D eigenvalue weighted by Gasteiger charge is -2.34. The molecule has 1 amide bonds. The monoisotopic (exact) mass is 507 g/mol. The molecular weight excluding hydrogens is 485 g/mol. The van der Waals surface area contributed by atoms with Crippen LogP contribution in [0.15, 0.2) is 36.8 Å². The van der Waals surface area contributed by atoms with Gasteiger partial charge >= 0.3 is 6.18 Å². The summed E-state index contributed by atoms with van der Waals surface area (Å²) in [6.45, 7) is 0.272. The van der Waals surface area contributed by atoms with Gasteiger partial charge in [0.05, 0.1) is 23.7 Å². The molecule has 8 nitrogen and oxygen atoms in total. The predicted molar refractivity (Wildman–Crippen MR) is 122 cm³/mol. The van der Waals surface area contributed by atoms with Crippen molar-refractivity contribution in [1.29, 1.82) is 0 Å². The molecule has 0 atom stereocenters. The molecule has 0 radical (unpaired) electrons. The molecule has 2 aliphatic rings. The first kappa shape index (κ1) is 23.9. The van der Waals surface area contributed by atoms with Crippen LogP contribution >= 0.6 is 0 Å². The van der Waals surface area contributed by atoms with E-state index < -0.39 is 24.4 Å². The average Bonchev–Trinajstić information content (AvgIpc) is 3.23. The van der Waals surface area contributed by atoms with Crippen LogP contribution in [0.1, 0.15) is 40.7 Å². The van der Waals surface area contributed by atoms with Crippen LogP contribution in [-0.2, 0) is 0 Å². The van der Waals surface area contributed by atoms with Crippen LogP contribution in [0, 0.1) is 5.92 Å². The van der Waals surface area contributed by atoms with Crippen molar-refractivity contribution in [3.63, 3.8) is 0 Å². The molecule has 0 bridgehead atoms. The third-order valence-electron chi connectivity index (χ3n) is 6.15. The van der Waals surface area contributed by atoms with Crippen molar-refractivity contribution in [2.75, 3.05) is 30.3 Å². The summed E-state index contributed by atoms with van der Waals surface area (Å²) in [5, 5.41) is 12.6. The number of carbonyl (C=O) groups excluding carboxylic acids is 1. The maximum Gasteiger partial charge on any atom is 0.390 e. The van der Waals surface area contributed by atoms with E-state index in [4.69, 9.17) is 0 Å². The summed E-state index contributed by atoms with van der Waals surface area (Å²) in [4.78, 5) is 21.2. The van der Waals surface area contributed by atoms with Crippen LogP contribution in [0.3, 0.4) is 0 Å². The summed E-state index contributed by atoms with van der Waals surface area (Å²) in [7, 11) is 0. The van der Waals surface area contributed by atoms with Crippen LogP contribution in [0.4, 0.5) is 33.7 Å². The number of aromatic nitrogens is 4. The zero-order valence-corrected chi connectivity index (χ0v) is 18.9. The molecule has 190 valence electrons. The highest BCUT2D eigenvalue weighted by Gasteiger charge is 2.45. The van der Waals surface area contributed by atoms with E-state index in [1.807, 2.05) is 12.1 Å². The Morgan fingerprint density at radius 1 is 1.25 bits per heavy atom. The average molecular weight is 507 g/mol. The van der Waals surface area contributed by atoms with Crippen LogP contribution in [-0.4, -0.2) is 57.2 Å². The van der Waals surface area contributed by atoms with E-state index in [2.05, 4.69) is 31.0 Å². The van der Waals surface area contributed by atoms with Gasteiger partial charge in [0.2, 0.25) is 11.9 Å². The van der Waals surface area contributed by atoms with Gasteiger partial charge in [-0.3, -0.25) is 4.79 Å². The zero-order chi connectivity index (χ0) is 25.5. The number of nitrogens with one attached hydrogen (secondary N) is 3. The summed E-state index contributed by atoms with van der Waals surface area (Å²) in [5.74, 6) is -2.72. The molecule has 36 heavy (non-hydrogen) atoms. The van der Waals surface area contributed by atoms with Gasteiger partial charge < -0.3 is 16.0 Å². The highest BCUT2D eigenvalue weighted by atomic mass is 19.4. The van der Waals surface area contributed by atoms with Gasteiger partial charge in [-0.25, -0.2) is 18.3 Å². The molecule has 3 aromatic heterocycles. The number of fused-ring (bicyclic) bond motifs is 2. The van der Waals surface area contributed by atoms with E-state index in [9.17, 15) is 26.7 Å². The van der Waals surface area contributed by atoms with Crippen LogP contribution in [0.25, 0.3) is 11.1 Å². The summed E-state index contributed by atoms with van der Waals surface area (Å²) in [6, 6.07) is 3.60. The summed E-state index contributed by atoms with van der Waals surface area (Å²) in [5.41, 5.74) is 3.06. The van der Waals surface area contributed by atoms with E-state index in [0.717, 1.165) is 11.1 Å². The third kappa shape index (κ3) is 5.09. The lowest BCUT2D eigenvalue weighted by Crippen LogP contribution is -2.42. The fourth-order valence-corrected chi connectivity index (χ4v) is 4.33. The number of amides is 1. The van der Waals surface area contributed by atoms with Gasteiger partial charge in [0.15, 0.2) is 0 Å². The Bertz CT molecular complexity index is 1330. The summed E-state index contributed by atoms with van der Waals surface area (Å²) in [6.07, 6.45) is 0.843. The maximum absolute atomic E-state index is 13.1. The highest BCUT2D eigenvalue weighted by molar-refractivity contribution is 6.01. The van der Waals surface area contributed by atoms with Crippen LogP contribution in [0.5, 0.6) is 0 Å². The molecule has 5 rings (SSSR count). The second-order valence-electron chi connectivity index (χ2n) is 8.89. The predicted octanol–water partition coefficient (Wildman–Crippen LogP) is 4.12. The van der Waals surface area contributed by atoms with E-state index in [0.29, 0.717) is 29.0 Å². The number of anilines is 2. The Hall–Kier alpha value is -3.77. The smallest absolute Gasteiger partial charge is 0.366 e. The highest BCUT2D eigenvalue weighted by Crippen LogP contribution is 2.42. The van der Waals surface area contributed by atoms with Crippen molar-refractivity contribution >= 4 is 28.8 Å². The van der Waals surface area contributed by atoms with Gasteiger partial charge in [-0.15, -0.1) is 0 Å². The quantitative estimate of drug-likeness (QED) is 0.417. The van der Waals surface area contributed by atoms with Crippen LogP contribution < -0.4 is 16.0 Å². The van der Waals surface area contributed by atoms with Gasteiger partial charge in [0, 0.05) is 50.4 Å². The Labute approximate surface area is 202 Å². The largest absolute Gasteiger partial charge is 0.390 e. The summed E-state index contributed by atoms with van der Waals surface area (Å²) >= 11 is 0. The molecular formula is C23H22F5N7O. The van der Waals surface area contributed by atoms with Gasteiger partial charge in [-0.1, -0.05) is 6.08 Å². The van der Waals surface area contributed by atoms with E-state index in [1.165, 1.54) is 12.4 Å². The summed E-state index contributed by atoms with van der Waals surface area (Å²) < 4.78 is 64.9. The van der Waals surface area contributed by atoms with Gasteiger partial charge in [0.1, 0.15) is 5.82 Å². The molecule has 1 aliphatic carbocycles. The molecule has 3 N–H and O–H groups in total. The Morgan fingerprint density at radius 2 is 2.06 bits per heavy atom. The second-order valence-corrected chi connectivity index (χ2v) is 8.89. The number of alkyl halides is 5. The second kappa shape index (κ2) is 9.03. The molecule has 0 unspecified atom stereocenters. The molecule has 0 spiro atoms. The fraction of sp³-hybridized carbons (Fsp3) is 0.391. The Balaban J connectivity index is 1.33. The van der Waals surface area contributed by atoms with Crippen molar-refractivity contribution in [2.24, 2.45) is 5.92 Å². The molecule has 4 heterocycles. The number of hydrogen-bond acceptors (Lipinski definition) is 6. The molecule has 13 heteroatoms. The zero-order valence-electron chi connectivity index (χ0n) is 18.9. The topological polar surface area (TPSA) is 96.2 Å². The number of nitrogens with zero attached hydrogens (tertiary/aromatic N) is 4. The standard InChI is InChI=1S/C23H22F5N7O/c24-22(25)8-13(9-22)10-31-20(36)17-12-33-35-6-2-14(7-18(17)35)15-1-4-29-19-16(15)11-32-21(34-19)30-5-3-23(26,27)28/h1-2,6-7,11-13H,3-5,8-10H2,(H,31,36)(H2,29,30,32,34). The molecule has 0 aromatic carbocycles. The minimum atomic E-state index is -4.27. The van der Waals surface area contributed by atoms with Gasteiger partial charge in [-0.2, -0.15) is 23.3 Å². The first-order valence-electron chi connectivity index (χ1n) is 11.3. The normalized spacial score (nSPS) is 17.1. The minimum Gasteiger partial charge on any atom is -0.366 e. The first-order valence-corrected chi connectivity index (χ1v) is 11.3. The number of rotatable bonds is 7. The Kier molecular flexibility index (Phi) is 6.00. The van der Waals surface area contributed by atoms with Crippen molar-refractivity contribution in [1.82, 2.24) is 24.9 Å². The molecule has 0 saturated heterocycles. The number of halogens is 5. The van der Waals surface area contributed by atoms with E-state index in [-0.39, 0.29) is 37.8 Å². The van der Waals surface area contributed by atoms with Crippen molar-refractivity contribution in [3.05, 3.63) is 53.5 Å². The third-order valence-corrected chi connectivity index (χ3v) is 6.15. The van der Waals surface area contributed by atoms with Crippen molar-refractivity contribution in [2.45, 2.75) is 31.4 Å². The lowest BCUT2D eigenvalue weighted by molar-refractivity contribution is -0.131.